The number of carbonyl (C=O) groups is 1. The third kappa shape index (κ3) is 2.86. The maximum atomic E-state index is 12.9. The first-order valence-corrected chi connectivity index (χ1v) is 8.83. The van der Waals surface area contributed by atoms with Crippen LogP contribution in [0.3, 0.4) is 0 Å². The Morgan fingerprint density at radius 3 is 2.95 bits per heavy atom. The molecular formula is C15H24N4OS. The number of rotatable bonds is 3. The van der Waals surface area contributed by atoms with E-state index in [1.807, 2.05) is 6.92 Å². The SMILES string of the molecule is CCNc1nc(N)c(C(=O)N2CCCC3CCCCC32)s1. The number of amides is 1. The van der Waals surface area contributed by atoms with Crippen LogP contribution in [0.25, 0.3) is 0 Å². The maximum Gasteiger partial charge on any atom is 0.268 e. The lowest BCUT2D eigenvalue weighted by atomic mass is 9.78. The van der Waals surface area contributed by atoms with Crippen LogP contribution in [0.1, 0.15) is 55.1 Å². The molecule has 0 bridgehead atoms. The molecule has 5 nitrogen and oxygen atoms in total. The van der Waals surface area contributed by atoms with Crippen molar-refractivity contribution < 1.29 is 4.79 Å². The van der Waals surface area contributed by atoms with Gasteiger partial charge < -0.3 is 16.0 Å². The predicted molar refractivity (Wildman–Crippen MR) is 86.7 cm³/mol. The predicted octanol–water partition coefficient (Wildman–Crippen LogP) is 2.95. The fourth-order valence-corrected chi connectivity index (χ4v) is 4.63. The second-order valence-electron chi connectivity index (χ2n) is 6.02. The van der Waals surface area contributed by atoms with Gasteiger partial charge in [-0.15, -0.1) is 0 Å². The highest BCUT2D eigenvalue weighted by Gasteiger charge is 2.37. The lowest BCUT2D eigenvalue weighted by Crippen LogP contribution is -2.49. The van der Waals surface area contributed by atoms with Gasteiger partial charge in [-0.1, -0.05) is 24.2 Å². The van der Waals surface area contributed by atoms with Crippen LogP contribution in [0, 0.1) is 5.92 Å². The summed E-state index contributed by atoms with van der Waals surface area (Å²) in [6.07, 6.45) is 7.37. The van der Waals surface area contributed by atoms with Crippen LogP contribution in [-0.2, 0) is 0 Å². The van der Waals surface area contributed by atoms with E-state index in [-0.39, 0.29) is 5.91 Å². The molecule has 2 fully saturated rings. The molecule has 1 aliphatic carbocycles. The summed E-state index contributed by atoms with van der Waals surface area (Å²) in [7, 11) is 0. The third-order valence-corrected chi connectivity index (χ3v) is 5.70. The summed E-state index contributed by atoms with van der Waals surface area (Å²) in [5, 5.41) is 3.89. The van der Waals surface area contributed by atoms with E-state index in [2.05, 4.69) is 15.2 Å². The van der Waals surface area contributed by atoms with Crippen LogP contribution in [0.15, 0.2) is 0 Å². The van der Waals surface area contributed by atoms with Crippen molar-refractivity contribution in [2.45, 2.75) is 51.5 Å². The molecule has 2 atom stereocenters. The molecule has 1 aromatic rings. The molecule has 21 heavy (non-hydrogen) atoms. The van der Waals surface area contributed by atoms with Crippen molar-refractivity contribution in [2.24, 2.45) is 5.92 Å². The maximum absolute atomic E-state index is 12.9. The minimum Gasteiger partial charge on any atom is -0.382 e. The van der Waals surface area contributed by atoms with Gasteiger partial charge in [0.1, 0.15) is 10.7 Å². The number of carbonyl (C=O) groups excluding carboxylic acids is 1. The average Bonchev–Trinajstić information content (AvgIpc) is 2.87. The van der Waals surface area contributed by atoms with Gasteiger partial charge in [0.25, 0.3) is 5.91 Å². The molecule has 1 aliphatic heterocycles. The van der Waals surface area contributed by atoms with E-state index in [4.69, 9.17) is 5.73 Å². The number of hydrogen-bond acceptors (Lipinski definition) is 5. The molecule has 0 radical (unpaired) electrons. The Bertz CT molecular complexity index is 514. The zero-order valence-electron chi connectivity index (χ0n) is 12.6. The summed E-state index contributed by atoms with van der Waals surface area (Å²) >= 11 is 1.39. The van der Waals surface area contributed by atoms with E-state index in [1.165, 1.54) is 37.0 Å². The van der Waals surface area contributed by atoms with Crippen molar-refractivity contribution in [1.82, 2.24) is 9.88 Å². The van der Waals surface area contributed by atoms with Crippen molar-refractivity contribution in [3.63, 3.8) is 0 Å². The van der Waals surface area contributed by atoms with Crippen LogP contribution in [-0.4, -0.2) is 34.9 Å². The number of thiazole rings is 1. The van der Waals surface area contributed by atoms with Gasteiger partial charge in [0.15, 0.2) is 5.13 Å². The summed E-state index contributed by atoms with van der Waals surface area (Å²) < 4.78 is 0. The van der Waals surface area contributed by atoms with Gasteiger partial charge in [-0.05, 0) is 38.5 Å². The van der Waals surface area contributed by atoms with Gasteiger partial charge in [0.05, 0.1) is 0 Å². The number of piperidine rings is 1. The molecule has 3 N–H and O–H groups in total. The summed E-state index contributed by atoms with van der Waals surface area (Å²) in [6.45, 7) is 3.67. The number of fused-ring (bicyclic) bond motifs is 1. The number of anilines is 2. The number of hydrogen-bond donors (Lipinski definition) is 2. The molecule has 2 unspecified atom stereocenters. The smallest absolute Gasteiger partial charge is 0.268 e. The first-order valence-electron chi connectivity index (χ1n) is 8.02. The lowest BCUT2D eigenvalue weighted by Gasteiger charge is -2.44. The number of nitrogens with one attached hydrogen (secondary N) is 1. The quantitative estimate of drug-likeness (QED) is 0.900. The second kappa shape index (κ2) is 6.22. The Morgan fingerprint density at radius 2 is 2.14 bits per heavy atom. The molecule has 6 heteroatoms. The van der Waals surface area contributed by atoms with Gasteiger partial charge in [-0.3, -0.25) is 4.79 Å². The molecular weight excluding hydrogens is 284 g/mol. The molecule has 116 valence electrons. The monoisotopic (exact) mass is 308 g/mol. The van der Waals surface area contributed by atoms with Gasteiger partial charge in [-0.2, -0.15) is 0 Å². The molecule has 1 saturated heterocycles. The Hall–Kier alpha value is -1.30. The van der Waals surface area contributed by atoms with Crippen LogP contribution >= 0.6 is 11.3 Å². The molecule has 1 amide bonds. The van der Waals surface area contributed by atoms with Crippen molar-refractivity contribution in [3.05, 3.63) is 4.88 Å². The molecule has 0 spiro atoms. The summed E-state index contributed by atoms with van der Waals surface area (Å²) in [6, 6.07) is 0.420. The molecule has 1 aromatic heterocycles. The number of nitrogens with two attached hydrogens (primary N) is 1. The van der Waals surface area contributed by atoms with Crippen molar-refractivity contribution >= 4 is 28.2 Å². The van der Waals surface area contributed by atoms with Gasteiger partial charge in [0, 0.05) is 19.1 Å². The number of aromatic nitrogens is 1. The summed E-state index contributed by atoms with van der Waals surface area (Å²) in [5.41, 5.74) is 5.96. The fraction of sp³-hybridized carbons (Fsp3) is 0.733. The summed E-state index contributed by atoms with van der Waals surface area (Å²) in [5.74, 6) is 1.16. The van der Waals surface area contributed by atoms with Crippen LogP contribution in [0.4, 0.5) is 10.9 Å². The van der Waals surface area contributed by atoms with E-state index in [0.29, 0.717) is 22.7 Å². The van der Waals surface area contributed by atoms with Crippen molar-refractivity contribution in [2.75, 3.05) is 24.1 Å². The molecule has 1 saturated carbocycles. The van der Waals surface area contributed by atoms with Gasteiger partial charge in [0.2, 0.25) is 0 Å². The normalized spacial score (nSPS) is 25.5. The number of nitrogen functional groups attached to an aromatic ring is 1. The zero-order valence-corrected chi connectivity index (χ0v) is 13.4. The number of nitrogens with zero attached hydrogens (tertiary/aromatic N) is 2. The molecule has 0 aromatic carbocycles. The fourth-order valence-electron chi connectivity index (χ4n) is 3.72. The van der Waals surface area contributed by atoms with Crippen LogP contribution < -0.4 is 11.1 Å². The van der Waals surface area contributed by atoms with Crippen LogP contribution in [0.2, 0.25) is 0 Å². The van der Waals surface area contributed by atoms with Gasteiger partial charge >= 0.3 is 0 Å². The first-order chi connectivity index (χ1) is 10.2. The molecule has 3 rings (SSSR count). The Kier molecular flexibility index (Phi) is 4.33. The number of likely N-dealkylation sites (tertiary alicyclic amines) is 1. The Morgan fingerprint density at radius 1 is 1.38 bits per heavy atom. The summed E-state index contributed by atoms with van der Waals surface area (Å²) in [4.78, 5) is 19.8. The van der Waals surface area contributed by atoms with E-state index >= 15 is 0 Å². The highest BCUT2D eigenvalue weighted by atomic mass is 32.1. The van der Waals surface area contributed by atoms with Crippen LogP contribution in [0.5, 0.6) is 0 Å². The van der Waals surface area contributed by atoms with Crippen molar-refractivity contribution in [1.29, 1.82) is 0 Å². The second-order valence-corrected chi connectivity index (χ2v) is 7.02. The topological polar surface area (TPSA) is 71.2 Å². The van der Waals surface area contributed by atoms with Crippen molar-refractivity contribution in [3.8, 4) is 0 Å². The largest absolute Gasteiger partial charge is 0.382 e. The zero-order chi connectivity index (χ0) is 14.8. The Balaban J connectivity index is 1.80. The standard InChI is InChI=1S/C15H24N4OS/c1-2-17-15-18-13(16)12(21-15)14(20)19-9-5-7-10-6-3-4-8-11(10)19/h10-11H,2-9,16H2,1H3,(H,17,18). The average molecular weight is 308 g/mol. The Labute approximate surface area is 129 Å². The lowest BCUT2D eigenvalue weighted by molar-refractivity contribution is 0.0396. The third-order valence-electron chi connectivity index (χ3n) is 4.68. The van der Waals surface area contributed by atoms with E-state index < -0.39 is 0 Å². The van der Waals surface area contributed by atoms with E-state index in [1.54, 1.807) is 0 Å². The minimum atomic E-state index is 0.0887. The molecule has 2 aliphatic rings. The molecule has 2 heterocycles. The first kappa shape index (κ1) is 14.6. The minimum absolute atomic E-state index is 0.0887. The van der Waals surface area contributed by atoms with E-state index in [0.717, 1.165) is 31.1 Å². The highest BCUT2D eigenvalue weighted by Crippen LogP contribution is 2.37. The van der Waals surface area contributed by atoms with Gasteiger partial charge in [-0.25, -0.2) is 4.98 Å². The highest BCUT2D eigenvalue weighted by molar-refractivity contribution is 7.18. The van der Waals surface area contributed by atoms with E-state index in [9.17, 15) is 4.79 Å².